The molecule has 140 valence electrons. The van der Waals surface area contributed by atoms with Gasteiger partial charge >= 0.3 is 0 Å². The third-order valence-corrected chi connectivity index (χ3v) is 4.69. The van der Waals surface area contributed by atoms with Crippen LogP contribution in [-0.2, 0) is 4.79 Å². The number of nitrogens with two attached hydrogens (primary N) is 1. The predicted molar refractivity (Wildman–Crippen MR) is 104 cm³/mol. The lowest BCUT2D eigenvalue weighted by atomic mass is 9.86. The Balaban J connectivity index is 2.13. The van der Waals surface area contributed by atoms with E-state index < -0.39 is 0 Å². The summed E-state index contributed by atoms with van der Waals surface area (Å²) in [6.45, 7) is 0. The van der Waals surface area contributed by atoms with Gasteiger partial charge in [-0.3, -0.25) is 10.2 Å². The van der Waals surface area contributed by atoms with Crippen LogP contribution >= 0.6 is 0 Å². The smallest absolute Gasteiger partial charge is 0.234 e. The van der Waals surface area contributed by atoms with E-state index in [2.05, 4.69) is 5.43 Å². The third-order valence-electron chi connectivity index (χ3n) is 4.69. The van der Waals surface area contributed by atoms with E-state index in [0.717, 1.165) is 10.9 Å². The first-order valence-electron chi connectivity index (χ1n) is 8.51. The van der Waals surface area contributed by atoms with Crippen LogP contribution in [0.2, 0.25) is 0 Å². The highest BCUT2D eigenvalue weighted by molar-refractivity contribution is 5.94. The molecule has 3 rings (SSSR count). The molecule has 0 spiro atoms. The van der Waals surface area contributed by atoms with Crippen LogP contribution < -0.4 is 20.7 Å². The molecule has 1 amide bonds. The molecule has 27 heavy (non-hydrogen) atoms. The molecule has 1 unspecified atom stereocenters. The Bertz CT molecular complexity index is 954. The Morgan fingerprint density at radius 3 is 2.41 bits per heavy atom. The summed E-state index contributed by atoms with van der Waals surface area (Å²) in [5, 5.41) is 12.4. The Morgan fingerprint density at radius 1 is 1.04 bits per heavy atom. The fourth-order valence-electron chi connectivity index (χ4n) is 3.28. The number of ether oxygens (including phenoxy) is 2. The largest absolute Gasteiger partial charge is 0.507 e. The molecule has 0 radical (unpaired) electrons. The van der Waals surface area contributed by atoms with Crippen LogP contribution in [0.3, 0.4) is 0 Å². The van der Waals surface area contributed by atoms with Crippen molar-refractivity contribution in [3.05, 3.63) is 65.7 Å². The van der Waals surface area contributed by atoms with Crippen molar-refractivity contribution in [3.63, 3.8) is 0 Å². The number of rotatable bonds is 6. The Hall–Kier alpha value is -3.25. The summed E-state index contributed by atoms with van der Waals surface area (Å²) in [5.74, 6) is 6.12. The number of carbonyl (C=O) groups excluding carboxylic acids is 1. The second-order valence-electron chi connectivity index (χ2n) is 6.16. The van der Waals surface area contributed by atoms with Gasteiger partial charge in [0.05, 0.1) is 14.2 Å². The zero-order chi connectivity index (χ0) is 19.4. The average molecular weight is 366 g/mol. The summed E-state index contributed by atoms with van der Waals surface area (Å²) in [6.07, 6.45) is 0.103. The molecule has 6 heteroatoms. The monoisotopic (exact) mass is 366 g/mol. The minimum absolute atomic E-state index is 0.103. The molecule has 1 atom stereocenters. The number of nitrogens with one attached hydrogen (secondary N) is 1. The van der Waals surface area contributed by atoms with E-state index in [0.29, 0.717) is 22.4 Å². The lowest BCUT2D eigenvalue weighted by Crippen LogP contribution is -2.31. The molecule has 0 aromatic heterocycles. The molecule has 3 aromatic rings. The molecule has 0 bridgehead atoms. The lowest BCUT2D eigenvalue weighted by molar-refractivity contribution is -0.121. The van der Waals surface area contributed by atoms with Crippen molar-refractivity contribution >= 4 is 16.7 Å². The number of aromatic hydroxyl groups is 1. The normalized spacial score (nSPS) is 11.8. The molecule has 0 saturated carbocycles. The number of phenolic OH excluding ortho intramolecular Hbond substituents is 1. The van der Waals surface area contributed by atoms with Crippen LogP contribution in [-0.4, -0.2) is 25.2 Å². The van der Waals surface area contributed by atoms with E-state index in [9.17, 15) is 9.90 Å². The Morgan fingerprint density at radius 2 is 1.78 bits per heavy atom. The number of hydrogen-bond acceptors (Lipinski definition) is 5. The summed E-state index contributed by atoms with van der Waals surface area (Å²) in [6, 6.07) is 16.6. The number of methoxy groups -OCH3 is 2. The van der Waals surface area contributed by atoms with Crippen molar-refractivity contribution in [1.82, 2.24) is 5.43 Å². The highest BCUT2D eigenvalue weighted by Crippen LogP contribution is 2.40. The summed E-state index contributed by atoms with van der Waals surface area (Å²) in [5.41, 5.74) is 3.68. The average Bonchev–Trinajstić information content (AvgIpc) is 2.72. The van der Waals surface area contributed by atoms with E-state index >= 15 is 0 Å². The van der Waals surface area contributed by atoms with Crippen molar-refractivity contribution in [3.8, 4) is 17.2 Å². The third kappa shape index (κ3) is 3.66. The number of amides is 1. The second kappa shape index (κ2) is 7.97. The van der Waals surface area contributed by atoms with Gasteiger partial charge in [-0.1, -0.05) is 36.4 Å². The molecule has 0 aliphatic carbocycles. The first-order chi connectivity index (χ1) is 13.1. The molecule has 0 heterocycles. The minimum atomic E-state index is -0.366. The number of fused-ring (bicyclic) bond motifs is 1. The molecule has 0 saturated heterocycles. The molecule has 0 aliphatic heterocycles. The molecule has 0 fully saturated rings. The van der Waals surface area contributed by atoms with Crippen molar-refractivity contribution in [2.75, 3.05) is 14.2 Å². The van der Waals surface area contributed by atoms with E-state index in [-0.39, 0.29) is 24.0 Å². The Kier molecular flexibility index (Phi) is 5.47. The van der Waals surface area contributed by atoms with Crippen LogP contribution in [0.1, 0.15) is 23.5 Å². The first-order valence-corrected chi connectivity index (χ1v) is 8.51. The van der Waals surface area contributed by atoms with Crippen molar-refractivity contribution in [2.24, 2.45) is 5.84 Å². The summed E-state index contributed by atoms with van der Waals surface area (Å²) in [4.78, 5) is 12.0. The van der Waals surface area contributed by atoms with Crippen LogP contribution in [0, 0.1) is 0 Å². The number of phenols is 1. The maximum Gasteiger partial charge on any atom is 0.234 e. The van der Waals surface area contributed by atoms with Gasteiger partial charge in [-0.15, -0.1) is 0 Å². The maximum absolute atomic E-state index is 12.0. The molecule has 0 aliphatic rings. The number of hydrazine groups is 1. The van der Waals surface area contributed by atoms with Crippen molar-refractivity contribution in [1.29, 1.82) is 0 Å². The zero-order valence-corrected chi connectivity index (χ0v) is 15.2. The van der Waals surface area contributed by atoms with Crippen LogP contribution in [0.25, 0.3) is 10.8 Å². The zero-order valence-electron chi connectivity index (χ0n) is 15.2. The molecular weight excluding hydrogens is 344 g/mol. The van der Waals surface area contributed by atoms with Gasteiger partial charge in [0.15, 0.2) is 0 Å². The Labute approximate surface area is 157 Å². The molecule has 3 aromatic carbocycles. The van der Waals surface area contributed by atoms with E-state index in [1.807, 2.05) is 54.6 Å². The SMILES string of the molecule is COc1ccc(C(CC(=O)NN)c2ccc3c(OC)cccc3c2O)cc1. The molecule has 4 N–H and O–H groups in total. The standard InChI is InChI=1S/C21H22N2O4/c1-26-14-8-6-13(7-9-14)18(12-20(24)23-22)17-11-10-15-16(21(17)25)4-3-5-19(15)27-2/h3-11,18,25H,12,22H2,1-2H3,(H,23,24). The van der Waals surface area contributed by atoms with Crippen LogP contribution in [0.4, 0.5) is 0 Å². The lowest BCUT2D eigenvalue weighted by Gasteiger charge is -2.20. The molecular formula is C21H22N2O4. The number of benzene rings is 3. The first kappa shape index (κ1) is 18.5. The number of carbonyl (C=O) groups is 1. The summed E-state index contributed by atoms with van der Waals surface area (Å²) < 4.78 is 10.6. The van der Waals surface area contributed by atoms with Crippen molar-refractivity contribution < 1.29 is 19.4 Å². The summed E-state index contributed by atoms with van der Waals surface area (Å²) in [7, 11) is 3.18. The fraction of sp³-hybridized carbons (Fsp3) is 0.190. The van der Waals surface area contributed by atoms with Gasteiger partial charge in [0.25, 0.3) is 0 Å². The quantitative estimate of drug-likeness (QED) is 0.354. The highest BCUT2D eigenvalue weighted by atomic mass is 16.5. The molecule has 6 nitrogen and oxygen atoms in total. The maximum atomic E-state index is 12.0. The highest BCUT2D eigenvalue weighted by Gasteiger charge is 2.22. The van der Waals surface area contributed by atoms with Crippen molar-refractivity contribution in [2.45, 2.75) is 12.3 Å². The van der Waals surface area contributed by atoms with Gasteiger partial charge in [-0.2, -0.15) is 0 Å². The van der Waals surface area contributed by atoms with Crippen LogP contribution in [0.5, 0.6) is 17.2 Å². The van der Waals surface area contributed by atoms with Gasteiger partial charge in [0.1, 0.15) is 17.2 Å². The number of hydrogen-bond donors (Lipinski definition) is 3. The van der Waals surface area contributed by atoms with Gasteiger partial charge in [-0.05, 0) is 23.8 Å². The minimum Gasteiger partial charge on any atom is -0.507 e. The van der Waals surface area contributed by atoms with Gasteiger partial charge < -0.3 is 14.6 Å². The predicted octanol–water partition coefficient (Wildman–Crippen LogP) is 3.07. The van der Waals surface area contributed by atoms with Gasteiger partial charge in [0, 0.05) is 28.7 Å². The summed E-state index contributed by atoms with van der Waals surface area (Å²) >= 11 is 0. The van der Waals surface area contributed by atoms with E-state index in [4.69, 9.17) is 15.3 Å². The van der Waals surface area contributed by atoms with E-state index in [1.54, 1.807) is 14.2 Å². The topological polar surface area (TPSA) is 93.8 Å². The van der Waals surface area contributed by atoms with Crippen LogP contribution in [0.15, 0.2) is 54.6 Å². The van der Waals surface area contributed by atoms with Gasteiger partial charge in [-0.25, -0.2) is 5.84 Å². The fourth-order valence-corrected chi connectivity index (χ4v) is 3.28. The van der Waals surface area contributed by atoms with Gasteiger partial charge in [0.2, 0.25) is 5.91 Å². The van der Waals surface area contributed by atoms with E-state index in [1.165, 1.54) is 0 Å². The second-order valence-corrected chi connectivity index (χ2v) is 6.16.